The monoisotopic (exact) mass is 199 g/mol. The molecule has 0 aromatic carbocycles. The number of carbonyl (C=O) groups excluding carboxylic acids is 2. The van der Waals surface area contributed by atoms with Gasteiger partial charge in [-0.25, -0.2) is 4.79 Å². The summed E-state index contributed by atoms with van der Waals surface area (Å²) in [6.07, 6.45) is 1.48. The van der Waals surface area contributed by atoms with E-state index in [2.05, 4.69) is 4.74 Å². The van der Waals surface area contributed by atoms with Crippen LogP contribution in [0.5, 0.6) is 0 Å². The van der Waals surface area contributed by atoms with Crippen LogP contribution in [-0.2, 0) is 14.3 Å². The molecule has 0 heterocycles. The first-order chi connectivity index (χ1) is 6.40. The number of hydrogen-bond donors (Lipinski definition) is 0. The normalized spacial score (nSPS) is 11.4. The van der Waals surface area contributed by atoms with Gasteiger partial charge in [0.05, 0.1) is 7.11 Å². The summed E-state index contributed by atoms with van der Waals surface area (Å²) >= 11 is 0. The van der Waals surface area contributed by atoms with E-state index in [4.69, 9.17) is 0 Å². The van der Waals surface area contributed by atoms with Gasteiger partial charge in [0.25, 0.3) is 0 Å². The third-order valence-electron chi connectivity index (χ3n) is 1.58. The quantitative estimate of drug-likeness (QED) is 0.291. The molecule has 0 radical (unpaired) electrons. The average molecular weight is 199 g/mol. The Bertz CT molecular complexity index is 254. The fourth-order valence-electron chi connectivity index (χ4n) is 0.896. The standard InChI is InChI=1S/C10H17NO3/c1-7(2)9(12)8(6-11(3)4)10(13)14-5/h6-7H,1-5H3/b8-6+. The number of hydrogen-bond acceptors (Lipinski definition) is 4. The lowest BCUT2D eigenvalue weighted by molar-refractivity contribution is -0.138. The van der Waals surface area contributed by atoms with Crippen molar-refractivity contribution in [2.45, 2.75) is 13.8 Å². The van der Waals surface area contributed by atoms with Crippen molar-refractivity contribution in [1.82, 2.24) is 4.90 Å². The van der Waals surface area contributed by atoms with Crippen LogP contribution in [-0.4, -0.2) is 37.9 Å². The van der Waals surface area contributed by atoms with Crippen LogP contribution in [0.2, 0.25) is 0 Å². The number of Topliss-reactive ketones (excluding diaryl/α,β-unsaturated/α-hetero) is 1. The minimum Gasteiger partial charge on any atom is -0.465 e. The SMILES string of the molecule is COC(=O)/C(=C/N(C)C)C(=O)C(C)C. The zero-order valence-corrected chi connectivity index (χ0v) is 9.33. The van der Waals surface area contributed by atoms with Crippen molar-refractivity contribution in [1.29, 1.82) is 0 Å². The molecule has 4 heteroatoms. The molecule has 0 amide bonds. The second-order valence-electron chi connectivity index (χ2n) is 3.52. The van der Waals surface area contributed by atoms with Crippen molar-refractivity contribution in [3.8, 4) is 0 Å². The van der Waals surface area contributed by atoms with E-state index in [1.807, 2.05) is 0 Å². The van der Waals surface area contributed by atoms with E-state index in [9.17, 15) is 9.59 Å². The van der Waals surface area contributed by atoms with Crippen LogP contribution < -0.4 is 0 Å². The van der Waals surface area contributed by atoms with Crippen LogP contribution in [0.3, 0.4) is 0 Å². The van der Waals surface area contributed by atoms with Crippen LogP contribution in [0.1, 0.15) is 13.8 Å². The Morgan fingerprint density at radius 2 is 1.79 bits per heavy atom. The predicted molar refractivity (Wildman–Crippen MR) is 53.6 cm³/mol. The molecule has 0 unspecified atom stereocenters. The highest BCUT2D eigenvalue weighted by molar-refractivity contribution is 6.17. The van der Waals surface area contributed by atoms with Crippen LogP contribution in [0, 0.1) is 5.92 Å². The van der Waals surface area contributed by atoms with Gasteiger partial charge in [-0.05, 0) is 0 Å². The maximum atomic E-state index is 11.6. The van der Waals surface area contributed by atoms with Crippen LogP contribution in [0.15, 0.2) is 11.8 Å². The smallest absolute Gasteiger partial charge is 0.342 e. The Morgan fingerprint density at radius 1 is 1.29 bits per heavy atom. The minimum absolute atomic E-state index is 0.0903. The Labute approximate surface area is 84.5 Å². The first kappa shape index (κ1) is 12.7. The van der Waals surface area contributed by atoms with Crippen molar-refractivity contribution < 1.29 is 14.3 Å². The molecule has 0 N–H and O–H groups in total. The van der Waals surface area contributed by atoms with Gasteiger partial charge in [0.2, 0.25) is 0 Å². The van der Waals surface area contributed by atoms with Gasteiger partial charge in [0.15, 0.2) is 5.78 Å². The van der Waals surface area contributed by atoms with Crippen molar-refractivity contribution in [2.24, 2.45) is 5.92 Å². The first-order valence-electron chi connectivity index (χ1n) is 4.41. The van der Waals surface area contributed by atoms with E-state index in [1.54, 1.807) is 32.8 Å². The summed E-state index contributed by atoms with van der Waals surface area (Å²) in [4.78, 5) is 24.5. The molecule has 0 aliphatic carbocycles. The molecule has 0 saturated carbocycles. The molecule has 0 aromatic heterocycles. The zero-order valence-electron chi connectivity index (χ0n) is 9.33. The highest BCUT2D eigenvalue weighted by Crippen LogP contribution is 2.08. The maximum Gasteiger partial charge on any atom is 0.342 e. The summed E-state index contributed by atoms with van der Waals surface area (Å²) in [5, 5.41) is 0. The van der Waals surface area contributed by atoms with E-state index in [1.165, 1.54) is 13.3 Å². The third kappa shape index (κ3) is 3.60. The molecule has 4 nitrogen and oxygen atoms in total. The second-order valence-corrected chi connectivity index (χ2v) is 3.52. The minimum atomic E-state index is -0.586. The molecule has 0 aromatic rings. The number of carbonyl (C=O) groups is 2. The predicted octanol–water partition coefficient (Wildman–Crippen LogP) is 0.830. The lowest BCUT2D eigenvalue weighted by Gasteiger charge is -2.11. The van der Waals surface area contributed by atoms with Gasteiger partial charge >= 0.3 is 5.97 Å². The van der Waals surface area contributed by atoms with Crippen LogP contribution in [0.25, 0.3) is 0 Å². The van der Waals surface area contributed by atoms with Gasteiger partial charge in [0.1, 0.15) is 5.57 Å². The third-order valence-corrected chi connectivity index (χ3v) is 1.58. The van der Waals surface area contributed by atoms with E-state index in [-0.39, 0.29) is 17.3 Å². The van der Waals surface area contributed by atoms with Crippen molar-refractivity contribution in [2.75, 3.05) is 21.2 Å². The Morgan fingerprint density at radius 3 is 2.07 bits per heavy atom. The van der Waals surface area contributed by atoms with Crippen molar-refractivity contribution >= 4 is 11.8 Å². The van der Waals surface area contributed by atoms with E-state index in [0.29, 0.717) is 0 Å². The highest BCUT2D eigenvalue weighted by Gasteiger charge is 2.21. The Balaban J connectivity index is 4.92. The lowest BCUT2D eigenvalue weighted by Crippen LogP contribution is -2.21. The van der Waals surface area contributed by atoms with Gasteiger partial charge in [-0.15, -0.1) is 0 Å². The summed E-state index contributed by atoms with van der Waals surface area (Å²) in [6.45, 7) is 3.49. The van der Waals surface area contributed by atoms with E-state index < -0.39 is 5.97 Å². The summed E-state index contributed by atoms with van der Waals surface area (Å²) < 4.78 is 4.53. The number of ether oxygens (including phenoxy) is 1. The van der Waals surface area contributed by atoms with Crippen molar-refractivity contribution in [3.05, 3.63) is 11.8 Å². The van der Waals surface area contributed by atoms with Crippen LogP contribution >= 0.6 is 0 Å². The second kappa shape index (κ2) is 5.42. The molecular weight excluding hydrogens is 182 g/mol. The zero-order chi connectivity index (χ0) is 11.3. The molecule has 0 spiro atoms. The van der Waals surface area contributed by atoms with Crippen LogP contribution in [0.4, 0.5) is 0 Å². The molecule has 0 rings (SSSR count). The molecule has 0 fully saturated rings. The lowest BCUT2D eigenvalue weighted by atomic mass is 10.0. The average Bonchev–Trinajstić information content (AvgIpc) is 2.11. The molecule has 0 saturated heterocycles. The fraction of sp³-hybridized carbons (Fsp3) is 0.600. The number of ketones is 1. The molecular formula is C10H17NO3. The van der Waals surface area contributed by atoms with E-state index in [0.717, 1.165) is 0 Å². The molecule has 0 aliphatic heterocycles. The highest BCUT2D eigenvalue weighted by atomic mass is 16.5. The molecule has 80 valence electrons. The summed E-state index contributed by atoms with van der Waals surface area (Å²) in [6, 6.07) is 0. The number of rotatable bonds is 4. The summed E-state index contributed by atoms with van der Waals surface area (Å²) in [5.41, 5.74) is 0.0903. The Kier molecular flexibility index (Phi) is 4.91. The number of methoxy groups -OCH3 is 1. The Hall–Kier alpha value is -1.32. The van der Waals surface area contributed by atoms with Gasteiger partial charge < -0.3 is 9.64 Å². The van der Waals surface area contributed by atoms with E-state index >= 15 is 0 Å². The first-order valence-corrected chi connectivity index (χ1v) is 4.41. The molecule has 0 bridgehead atoms. The molecule has 14 heavy (non-hydrogen) atoms. The maximum absolute atomic E-state index is 11.6. The molecule has 0 atom stereocenters. The van der Waals surface area contributed by atoms with Gasteiger partial charge in [-0.2, -0.15) is 0 Å². The van der Waals surface area contributed by atoms with Gasteiger partial charge in [-0.1, -0.05) is 13.8 Å². The number of esters is 1. The largest absolute Gasteiger partial charge is 0.465 e. The topological polar surface area (TPSA) is 46.6 Å². The summed E-state index contributed by atoms with van der Waals surface area (Å²) in [7, 11) is 4.76. The van der Waals surface area contributed by atoms with Crippen molar-refractivity contribution in [3.63, 3.8) is 0 Å². The number of nitrogens with zero attached hydrogens (tertiary/aromatic N) is 1. The van der Waals surface area contributed by atoms with Gasteiger partial charge in [0, 0.05) is 26.2 Å². The molecule has 0 aliphatic rings. The van der Waals surface area contributed by atoms with Gasteiger partial charge in [-0.3, -0.25) is 4.79 Å². The fourth-order valence-corrected chi connectivity index (χ4v) is 0.896. The summed E-state index contributed by atoms with van der Waals surface area (Å²) in [5.74, 6) is -0.997.